The molecule has 0 aliphatic rings. The van der Waals surface area contributed by atoms with Crippen molar-refractivity contribution < 1.29 is 19.7 Å². The molecule has 5 heteroatoms. The zero-order chi connectivity index (χ0) is 21.0. The van der Waals surface area contributed by atoms with Crippen molar-refractivity contribution in [2.24, 2.45) is 0 Å². The summed E-state index contributed by atoms with van der Waals surface area (Å²) < 4.78 is 0. The summed E-state index contributed by atoms with van der Waals surface area (Å²) in [5, 5.41) is 9.84. The smallest absolute Gasteiger partial charge is 0.408 e. The first-order valence-electron chi connectivity index (χ1n) is 9.29. The third kappa shape index (κ3) is 7.00. The van der Waals surface area contributed by atoms with Crippen LogP contribution in [0.4, 0.5) is 4.79 Å². The summed E-state index contributed by atoms with van der Waals surface area (Å²) in [4.78, 5) is 24.4. The molecule has 0 atom stereocenters. The predicted octanol–water partition coefficient (Wildman–Crippen LogP) is 5.85. The topological polar surface area (TPSA) is 59.0 Å². The molecular weight excluding hydrogens is 342 g/mol. The van der Waals surface area contributed by atoms with Crippen LogP contribution in [0, 0.1) is 0 Å². The number of carbonyl (C=O) groups is 1. The first-order valence-corrected chi connectivity index (χ1v) is 9.29. The van der Waals surface area contributed by atoms with Gasteiger partial charge >= 0.3 is 6.09 Å². The van der Waals surface area contributed by atoms with E-state index in [2.05, 4.69) is 6.58 Å². The van der Waals surface area contributed by atoms with Crippen molar-refractivity contribution in [2.75, 3.05) is 6.54 Å². The van der Waals surface area contributed by atoms with E-state index in [1.807, 2.05) is 79.7 Å². The molecule has 1 amide bonds. The van der Waals surface area contributed by atoms with Gasteiger partial charge in [-0.25, -0.2) is 14.6 Å². The molecule has 0 saturated heterocycles. The molecule has 0 unspecified atom stereocenters. The molecule has 0 aliphatic carbocycles. The van der Waals surface area contributed by atoms with Crippen LogP contribution in [0.25, 0.3) is 5.57 Å². The predicted molar refractivity (Wildman–Crippen MR) is 110 cm³/mol. The lowest BCUT2D eigenvalue weighted by Gasteiger charge is -2.39. The van der Waals surface area contributed by atoms with Gasteiger partial charge < -0.3 is 5.11 Å². The van der Waals surface area contributed by atoms with Crippen molar-refractivity contribution in [3.8, 4) is 0 Å². The van der Waals surface area contributed by atoms with E-state index in [0.717, 1.165) is 16.7 Å². The van der Waals surface area contributed by atoms with E-state index in [-0.39, 0.29) is 0 Å². The third-order valence-corrected chi connectivity index (χ3v) is 4.42. The Bertz CT molecular complexity index is 671. The Morgan fingerprint density at radius 2 is 1.70 bits per heavy atom. The maximum Gasteiger partial charge on any atom is 0.408 e. The summed E-state index contributed by atoms with van der Waals surface area (Å²) in [5.41, 5.74) is 1.15. The van der Waals surface area contributed by atoms with Gasteiger partial charge in [-0.2, -0.15) is 0 Å². The first kappa shape index (κ1) is 23.2. The van der Waals surface area contributed by atoms with Crippen LogP contribution >= 0.6 is 0 Å². The van der Waals surface area contributed by atoms with E-state index in [4.69, 9.17) is 9.78 Å². The van der Waals surface area contributed by atoms with Gasteiger partial charge in [-0.05, 0) is 79.0 Å². The summed E-state index contributed by atoms with van der Waals surface area (Å²) in [5.74, 6) is 0. The molecule has 0 spiro atoms. The second-order valence-electron chi connectivity index (χ2n) is 9.14. The number of amides is 1. The third-order valence-electron chi connectivity index (χ3n) is 4.42. The normalized spacial score (nSPS) is 12.7. The minimum absolute atomic E-state index is 0.320. The van der Waals surface area contributed by atoms with Gasteiger partial charge in [-0.3, -0.25) is 4.90 Å². The molecular formula is C22H35NO4. The number of hydrogen-bond donors (Lipinski definition) is 1. The average molecular weight is 378 g/mol. The Hall–Kier alpha value is -1.85. The zero-order valence-corrected chi connectivity index (χ0v) is 18.0. The maximum atomic E-state index is 12.0. The van der Waals surface area contributed by atoms with Gasteiger partial charge in [0.15, 0.2) is 0 Å². The van der Waals surface area contributed by atoms with Gasteiger partial charge in [0, 0.05) is 6.54 Å². The summed E-state index contributed by atoms with van der Waals surface area (Å²) in [6.45, 7) is 19.6. The van der Waals surface area contributed by atoms with Gasteiger partial charge in [-0.1, -0.05) is 30.4 Å². The van der Waals surface area contributed by atoms with Crippen LogP contribution in [-0.2, 0) is 15.3 Å². The van der Waals surface area contributed by atoms with Crippen molar-refractivity contribution in [3.63, 3.8) is 0 Å². The highest BCUT2D eigenvalue weighted by atomic mass is 17.2. The SMILES string of the molecule is C=C(C)c1cccc(C(C)(C)N(CCC(C)(C)OOC(C)(C)C)C(=O)O)c1. The van der Waals surface area contributed by atoms with Gasteiger partial charge in [0.25, 0.3) is 0 Å². The average Bonchev–Trinajstić information content (AvgIpc) is 2.52. The van der Waals surface area contributed by atoms with Crippen LogP contribution in [0.3, 0.4) is 0 Å². The monoisotopic (exact) mass is 377 g/mol. The Morgan fingerprint density at radius 1 is 1.11 bits per heavy atom. The summed E-state index contributed by atoms with van der Waals surface area (Å²) in [6.07, 6.45) is -0.466. The molecule has 27 heavy (non-hydrogen) atoms. The molecule has 152 valence electrons. The van der Waals surface area contributed by atoms with E-state index < -0.39 is 22.8 Å². The molecule has 0 bridgehead atoms. The number of hydrogen-bond acceptors (Lipinski definition) is 3. The van der Waals surface area contributed by atoms with E-state index in [0.29, 0.717) is 13.0 Å². The lowest BCUT2D eigenvalue weighted by molar-refractivity contribution is -0.398. The zero-order valence-electron chi connectivity index (χ0n) is 18.0. The van der Waals surface area contributed by atoms with Gasteiger partial charge in [0.05, 0.1) is 16.7 Å². The minimum Gasteiger partial charge on any atom is -0.465 e. The van der Waals surface area contributed by atoms with Gasteiger partial charge in [0.1, 0.15) is 0 Å². The van der Waals surface area contributed by atoms with Crippen molar-refractivity contribution in [2.45, 2.75) is 78.6 Å². The highest BCUT2D eigenvalue weighted by Crippen LogP contribution is 2.31. The van der Waals surface area contributed by atoms with E-state index in [9.17, 15) is 9.90 Å². The number of nitrogens with zero attached hydrogens (tertiary/aromatic N) is 1. The maximum absolute atomic E-state index is 12.0. The van der Waals surface area contributed by atoms with Crippen LogP contribution in [-0.4, -0.2) is 33.8 Å². The van der Waals surface area contributed by atoms with Crippen LogP contribution < -0.4 is 0 Å². The number of rotatable bonds is 8. The molecule has 0 fully saturated rings. The quantitative estimate of drug-likeness (QED) is 0.456. The van der Waals surface area contributed by atoms with Crippen LogP contribution in [0.5, 0.6) is 0 Å². The van der Waals surface area contributed by atoms with E-state index in [1.165, 1.54) is 4.90 Å². The molecule has 0 saturated carbocycles. The molecule has 1 N–H and O–H groups in total. The van der Waals surface area contributed by atoms with E-state index in [1.54, 1.807) is 0 Å². The van der Waals surface area contributed by atoms with Gasteiger partial charge in [-0.15, -0.1) is 0 Å². The molecule has 0 aromatic heterocycles. The Kier molecular flexibility index (Phi) is 7.25. The lowest BCUT2D eigenvalue weighted by atomic mass is 9.89. The summed E-state index contributed by atoms with van der Waals surface area (Å²) in [7, 11) is 0. The Labute approximate surface area is 163 Å². The van der Waals surface area contributed by atoms with Crippen molar-refractivity contribution in [1.82, 2.24) is 4.90 Å². The Balaban J connectivity index is 2.98. The highest BCUT2D eigenvalue weighted by molar-refractivity contribution is 5.67. The van der Waals surface area contributed by atoms with Crippen LogP contribution in [0.15, 0.2) is 30.8 Å². The molecule has 1 aromatic rings. The fourth-order valence-corrected chi connectivity index (χ4v) is 2.60. The number of benzene rings is 1. The fraction of sp³-hybridized carbons (Fsp3) is 0.591. The molecule has 1 aromatic carbocycles. The molecule has 0 radical (unpaired) electrons. The standard InChI is InChI=1S/C22H35NO4/c1-16(2)17-11-10-12-18(15-17)22(8,9)23(19(24)25)14-13-21(6,7)27-26-20(3,4)5/h10-12,15H,1,13-14H2,2-9H3,(H,24,25). The van der Waals surface area contributed by atoms with Crippen molar-refractivity contribution >= 4 is 11.7 Å². The highest BCUT2D eigenvalue weighted by Gasteiger charge is 2.35. The number of carboxylic acid groups (broad SMARTS) is 1. The Morgan fingerprint density at radius 3 is 2.19 bits per heavy atom. The van der Waals surface area contributed by atoms with Crippen molar-refractivity contribution in [3.05, 3.63) is 42.0 Å². The summed E-state index contributed by atoms with van der Waals surface area (Å²) in [6, 6.07) is 7.87. The van der Waals surface area contributed by atoms with E-state index >= 15 is 0 Å². The van der Waals surface area contributed by atoms with Crippen LogP contribution in [0.1, 0.15) is 72.9 Å². The van der Waals surface area contributed by atoms with Crippen LogP contribution in [0.2, 0.25) is 0 Å². The molecule has 1 rings (SSSR count). The molecule has 0 heterocycles. The van der Waals surface area contributed by atoms with Crippen molar-refractivity contribution in [1.29, 1.82) is 0 Å². The molecule has 0 aliphatic heterocycles. The lowest BCUT2D eigenvalue weighted by Crippen LogP contribution is -2.47. The summed E-state index contributed by atoms with van der Waals surface area (Å²) >= 11 is 0. The largest absolute Gasteiger partial charge is 0.465 e. The fourth-order valence-electron chi connectivity index (χ4n) is 2.60. The van der Waals surface area contributed by atoms with Gasteiger partial charge in [0.2, 0.25) is 0 Å². The molecule has 5 nitrogen and oxygen atoms in total. The second-order valence-corrected chi connectivity index (χ2v) is 9.14. The first-order chi connectivity index (χ1) is 12.2. The number of allylic oxidation sites excluding steroid dienone is 1. The minimum atomic E-state index is -0.965. The second kappa shape index (κ2) is 8.44.